The molecule has 1 N–H and O–H groups in total. The fourth-order valence-electron chi connectivity index (χ4n) is 2.51. The van der Waals surface area contributed by atoms with Crippen molar-refractivity contribution in [1.82, 2.24) is 9.88 Å². The lowest BCUT2D eigenvalue weighted by atomic mass is 10.3. The van der Waals surface area contributed by atoms with Crippen molar-refractivity contribution in [3.63, 3.8) is 0 Å². The van der Waals surface area contributed by atoms with Crippen molar-refractivity contribution in [2.45, 2.75) is 11.4 Å². The van der Waals surface area contributed by atoms with Gasteiger partial charge in [-0.25, -0.2) is 13.2 Å². The van der Waals surface area contributed by atoms with E-state index in [0.717, 1.165) is 8.87 Å². The van der Waals surface area contributed by atoms with E-state index >= 15 is 0 Å². The number of fused-ring (bicyclic) bond motifs is 1. The van der Waals surface area contributed by atoms with Gasteiger partial charge in [0.2, 0.25) is 5.91 Å². The highest BCUT2D eigenvalue weighted by Crippen LogP contribution is 2.24. The van der Waals surface area contributed by atoms with Gasteiger partial charge in [-0.2, -0.15) is 0 Å². The summed E-state index contributed by atoms with van der Waals surface area (Å²) in [7, 11) is -0.928. The van der Waals surface area contributed by atoms with Crippen LogP contribution in [0, 0.1) is 0 Å². The minimum Gasteiger partial charge on any atom is -0.408 e. The Morgan fingerprint density at radius 3 is 2.54 bits per heavy atom. The van der Waals surface area contributed by atoms with Crippen molar-refractivity contribution in [2.75, 3.05) is 18.4 Å². The smallest absolute Gasteiger partial charge is 0.408 e. The quantitative estimate of drug-likeness (QED) is 0.721. The largest absolute Gasteiger partial charge is 0.420 e. The van der Waals surface area contributed by atoms with Crippen molar-refractivity contribution in [3.05, 3.63) is 59.1 Å². The molecule has 0 aliphatic heterocycles. The summed E-state index contributed by atoms with van der Waals surface area (Å²) in [4.78, 5) is 23.5. The number of rotatable bonds is 5. The molecule has 1 aromatic heterocycles. The molecule has 0 saturated heterocycles. The highest BCUT2D eigenvalue weighted by Gasteiger charge is 2.23. The van der Waals surface area contributed by atoms with E-state index in [1.807, 2.05) is 0 Å². The number of carbonyl (C=O) groups excluding carboxylic acids is 1. The van der Waals surface area contributed by atoms with E-state index in [4.69, 9.17) is 4.42 Å². The Hall–Kier alpha value is -3.07. The second kappa shape index (κ2) is 6.68. The maximum Gasteiger partial charge on any atom is 0.420 e. The molecule has 2 aromatic carbocycles. The van der Waals surface area contributed by atoms with Crippen molar-refractivity contribution >= 4 is 32.7 Å². The van der Waals surface area contributed by atoms with Crippen LogP contribution in [0.1, 0.15) is 0 Å². The first kappa shape index (κ1) is 17.7. The number of sulfonamides is 1. The van der Waals surface area contributed by atoms with Gasteiger partial charge in [-0.1, -0.05) is 18.2 Å². The summed E-state index contributed by atoms with van der Waals surface area (Å²) in [6.07, 6.45) is 0. The zero-order chi connectivity index (χ0) is 18.9. The van der Waals surface area contributed by atoms with E-state index in [1.54, 1.807) is 30.3 Å². The zero-order valence-electron chi connectivity index (χ0n) is 14.2. The lowest BCUT2D eigenvalue weighted by molar-refractivity contribution is -0.121. The first-order valence-corrected chi connectivity index (χ1v) is 9.16. The normalized spacial score (nSPS) is 11.5. The third-order valence-corrected chi connectivity index (χ3v) is 5.78. The van der Waals surface area contributed by atoms with Gasteiger partial charge in [0, 0.05) is 20.2 Å². The number of para-hydroxylation sites is 1. The van der Waals surface area contributed by atoms with Gasteiger partial charge in [0.25, 0.3) is 10.0 Å². The summed E-state index contributed by atoms with van der Waals surface area (Å²) < 4.78 is 33.1. The Labute approximate surface area is 149 Å². The number of hydrogen-bond acceptors (Lipinski definition) is 5. The Morgan fingerprint density at radius 1 is 1.19 bits per heavy atom. The summed E-state index contributed by atoms with van der Waals surface area (Å²) in [6.45, 7) is -0.210. The van der Waals surface area contributed by atoms with Crippen LogP contribution in [-0.2, 0) is 21.4 Å². The number of likely N-dealkylation sites (N-methyl/N-ethyl adjacent to an activating group) is 1. The molecule has 0 radical (unpaired) electrons. The molecule has 0 aliphatic carbocycles. The number of benzene rings is 2. The van der Waals surface area contributed by atoms with Crippen LogP contribution >= 0.6 is 0 Å². The van der Waals surface area contributed by atoms with Crippen LogP contribution in [0.25, 0.3) is 11.1 Å². The summed E-state index contributed by atoms with van der Waals surface area (Å²) in [5.41, 5.74) is 0.951. The fraction of sp³-hybridized carbons (Fsp3) is 0.176. The lowest BCUT2D eigenvalue weighted by Crippen LogP contribution is -2.28. The van der Waals surface area contributed by atoms with Crippen molar-refractivity contribution in [1.29, 1.82) is 0 Å². The molecule has 1 heterocycles. The van der Waals surface area contributed by atoms with Crippen LogP contribution < -0.4 is 15.4 Å². The second-order valence-corrected chi connectivity index (χ2v) is 7.53. The summed E-state index contributed by atoms with van der Waals surface area (Å²) in [5, 5.41) is 2.42. The average Bonchev–Trinajstić information content (AvgIpc) is 2.96. The molecule has 9 heteroatoms. The van der Waals surface area contributed by atoms with Gasteiger partial charge in [-0.15, -0.1) is 0 Å². The summed E-state index contributed by atoms with van der Waals surface area (Å²) >= 11 is 0. The van der Waals surface area contributed by atoms with Crippen molar-refractivity contribution in [2.24, 2.45) is 0 Å². The number of anilines is 1. The molecule has 0 saturated carbocycles. The van der Waals surface area contributed by atoms with Gasteiger partial charge in [0.15, 0.2) is 5.58 Å². The van der Waals surface area contributed by atoms with Gasteiger partial charge in [0.1, 0.15) is 6.54 Å². The molecule has 3 aromatic rings. The predicted molar refractivity (Wildman–Crippen MR) is 96.6 cm³/mol. The van der Waals surface area contributed by atoms with Crippen LogP contribution in [0.15, 0.2) is 62.6 Å². The van der Waals surface area contributed by atoms with Crippen LogP contribution in [-0.4, -0.2) is 33.0 Å². The van der Waals surface area contributed by atoms with E-state index in [2.05, 4.69) is 5.32 Å². The standard InChI is InChI=1S/C17H17N3O5S/c1-18-16(21)11-20-14-9-8-13(10-15(14)25-17(20)22)26(23,24)19(2)12-6-4-3-5-7-12/h3-10H,11H2,1-2H3,(H,18,21). The van der Waals surface area contributed by atoms with Gasteiger partial charge < -0.3 is 9.73 Å². The highest BCUT2D eigenvalue weighted by molar-refractivity contribution is 7.92. The fourth-order valence-corrected chi connectivity index (χ4v) is 3.73. The topological polar surface area (TPSA) is 102 Å². The molecule has 0 atom stereocenters. The second-order valence-electron chi connectivity index (χ2n) is 5.56. The number of amides is 1. The Morgan fingerprint density at radius 2 is 1.88 bits per heavy atom. The number of nitrogens with zero attached hydrogens (tertiary/aromatic N) is 2. The van der Waals surface area contributed by atoms with E-state index in [1.165, 1.54) is 32.3 Å². The monoisotopic (exact) mass is 375 g/mol. The summed E-state index contributed by atoms with van der Waals surface area (Å²) in [5.74, 6) is -1.09. The molecule has 136 valence electrons. The number of nitrogens with one attached hydrogen (secondary N) is 1. The molecule has 0 aliphatic rings. The number of hydrogen-bond donors (Lipinski definition) is 1. The van der Waals surface area contributed by atoms with Gasteiger partial charge >= 0.3 is 5.76 Å². The maximum atomic E-state index is 12.8. The molecule has 3 rings (SSSR count). The lowest BCUT2D eigenvalue weighted by Gasteiger charge is -2.19. The van der Waals surface area contributed by atoms with Gasteiger partial charge in [-0.05, 0) is 24.3 Å². The van der Waals surface area contributed by atoms with E-state index in [-0.39, 0.29) is 22.9 Å². The molecule has 0 unspecified atom stereocenters. The van der Waals surface area contributed by atoms with Crippen molar-refractivity contribution < 1.29 is 17.6 Å². The molecular formula is C17H17N3O5S. The number of aromatic nitrogens is 1. The first-order valence-electron chi connectivity index (χ1n) is 7.72. The highest BCUT2D eigenvalue weighted by atomic mass is 32.2. The first-order chi connectivity index (χ1) is 12.3. The molecular weight excluding hydrogens is 358 g/mol. The molecule has 8 nitrogen and oxygen atoms in total. The maximum absolute atomic E-state index is 12.8. The van der Waals surface area contributed by atoms with Crippen LogP contribution in [0.3, 0.4) is 0 Å². The van der Waals surface area contributed by atoms with Gasteiger partial charge in [-0.3, -0.25) is 13.7 Å². The van der Waals surface area contributed by atoms with Gasteiger partial charge in [0.05, 0.1) is 16.1 Å². The molecule has 0 bridgehead atoms. The zero-order valence-corrected chi connectivity index (χ0v) is 15.0. The predicted octanol–water partition coefficient (Wildman–Crippen LogP) is 1.17. The van der Waals surface area contributed by atoms with Crippen LogP contribution in [0.2, 0.25) is 0 Å². The number of oxazole rings is 1. The average molecular weight is 375 g/mol. The minimum atomic E-state index is -3.83. The molecule has 26 heavy (non-hydrogen) atoms. The van der Waals surface area contributed by atoms with E-state index in [9.17, 15) is 18.0 Å². The van der Waals surface area contributed by atoms with E-state index in [0.29, 0.717) is 11.2 Å². The Balaban J connectivity index is 2.04. The molecule has 0 fully saturated rings. The Bertz CT molecular complexity index is 1120. The minimum absolute atomic E-state index is 0.0165. The number of carbonyl (C=O) groups is 1. The molecule has 0 spiro atoms. The van der Waals surface area contributed by atoms with Crippen LogP contribution in [0.5, 0.6) is 0 Å². The SMILES string of the molecule is CNC(=O)Cn1c(=O)oc2cc(S(=O)(=O)N(C)c3ccccc3)ccc21. The van der Waals surface area contributed by atoms with Crippen LogP contribution in [0.4, 0.5) is 5.69 Å². The summed E-state index contributed by atoms with van der Waals surface area (Å²) in [6, 6.07) is 12.7. The Kier molecular flexibility index (Phi) is 4.56. The van der Waals surface area contributed by atoms with Crippen molar-refractivity contribution in [3.8, 4) is 0 Å². The third-order valence-electron chi connectivity index (χ3n) is 4.00. The molecule has 1 amide bonds. The third kappa shape index (κ3) is 3.08. The van der Waals surface area contributed by atoms with E-state index < -0.39 is 15.8 Å².